The minimum absolute atomic E-state index is 0.0945. The van der Waals surface area contributed by atoms with Gasteiger partial charge in [-0.2, -0.15) is 0 Å². The van der Waals surface area contributed by atoms with E-state index in [1.54, 1.807) is 0 Å². The van der Waals surface area contributed by atoms with Crippen LogP contribution in [0, 0.1) is 5.41 Å². The third-order valence-electron chi connectivity index (χ3n) is 4.35. The van der Waals surface area contributed by atoms with Crippen LogP contribution in [0.3, 0.4) is 0 Å². The molecular formula is C13H22N2O3. The maximum atomic E-state index is 11.8. The Morgan fingerprint density at radius 3 is 2.50 bits per heavy atom. The van der Waals surface area contributed by atoms with Crippen LogP contribution >= 0.6 is 0 Å². The van der Waals surface area contributed by atoms with E-state index in [4.69, 9.17) is 0 Å². The maximum Gasteiger partial charge on any atom is 0.246 e. The summed E-state index contributed by atoms with van der Waals surface area (Å²) in [5.74, 6) is -0.275. The van der Waals surface area contributed by atoms with Gasteiger partial charge in [-0.3, -0.25) is 14.5 Å². The fourth-order valence-corrected chi connectivity index (χ4v) is 2.95. The SMILES string of the molecule is CN1C(=O)CC(NCC2(CO)CCCCC2)C1=O. The average molecular weight is 254 g/mol. The number of amides is 2. The Balaban J connectivity index is 1.90. The molecule has 1 unspecified atom stereocenters. The number of aliphatic hydroxyl groups excluding tert-OH is 1. The number of nitrogens with zero attached hydrogens (tertiary/aromatic N) is 1. The predicted octanol–water partition coefficient (Wildman–Crippen LogP) is 0.276. The molecule has 1 atom stereocenters. The number of hydrogen-bond acceptors (Lipinski definition) is 4. The van der Waals surface area contributed by atoms with Gasteiger partial charge in [0.05, 0.1) is 12.5 Å². The van der Waals surface area contributed by atoms with Crippen LogP contribution in [0.5, 0.6) is 0 Å². The summed E-state index contributed by atoms with van der Waals surface area (Å²) >= 11 is 0. The van der Waals surface area contributed by atoms with Crippen molar-refractivity contribution in [2.24, 2.45) is 5.41 Å². The van der Waals surface area contributed by atoms with E-state index >= 15 is 0 Å². The van der Waals surface area contributed by atoms with Gasteiger partial charge in [0.1, 0.15) is 0 Å². The Morgan fingerprint density at radius 2 is 2.00 bits per heavy atom. The summed E-state index contributed by atoms with van der Waals surface area (Å²) < 4.78 is 0. The van der Waals surface area contributed by atoms with Crippen LogP contribution in [0.4, 0.5) is 0 Å². The molecule has 0 spiro atoms. The molecule has 0 aromatic carbocycles. The van der Waals surface area contributed by atoms with Gasteiger partial charge in [-0.25, -0.2) is 0 Å². The molecule has 0 aromatic rings. The fourth-order valence-electron chi connectivity index (χ4n) is 2.95. The second-order valence-electron chi connectivity index (χ2n) is 5.65. The van der Waals surface area contributed by atoms with Crippen LogP contribution < -0.4 is 5.32 Å². The lowest BCUT2D eigenvalue weighted by atomic mass is 9.74. The Hall–Kier alpha value is -0.940. The summed E-state index contributed by atoms with van der Waals surface area (Å²) in [4.78, 5) is 24.4. The number of aliphatic hydroxyl groups is 1. The molecule has 0 radical (unpaired) electrons. The van der Waals surface area contributed by atoms with E-state index in [2.05, 4.69) is 5.32 Å². The maximum absolute atomic E-state index is 11.8. The minimum Gasteiger partial charge on any atom is -0.396 e. The summed E-state index contributed by atoms with van der Waals surface area (Å²) in [5.41, 5.74) is -0.0945. The Morgan fingerprint density at radius 1 is 1.33 bits per heavy atom. The first-order valence-electron chi connectivity index (χ1n) is 6.73. The average Bonchev–Trinajstić information content (AvgIpc) is 2.65. The van der Waals surface area contributed by atoms with Crippen molar-refractivity contribution in [2.75, 3.05) is 20.2 Å². The number of carbonyl (C=O) groups excluding carboxylic acids is 2. The van der Waals surface area contributed by atoms with Crippen LogP contribution in [0.15, 0.2) is 0 Å². The minimum atomic E-state index is -0.396. The van der Waals surface area contributed by atoms with E-state index in [9.17, 15) is 14.7 Å². The van der Waals surface area contributed by atoms with E-state index < -0.39 is 6.04 Å². The van der Waals surface area contributed by atoms with Gasteiger partial charge in [0.2, 0.25) is 11.8 Å². The summed E-state index contributed by atoms with van der Waals surface area (Å²) in [6.45, 7) is 0.783. The molecule has 1 heterocycles. The van der Waals surface area contributed by atoms with Crippen molar-refractivity contribution in [1.82, 2.24) is 10.2 Å². The topological polar surface area (TPSA) is 69.6 Å². The normalized spacial score (nSPS) is 27.9. The van der Waals surface area contributed by atoms with Gasteiger partial charge in [-0.1, -0.05) is 19.3 Å². The van der Waals surface area contributed by atoms with Gasteiger partial charge in [0.15, 0.2) is 0 Å². The molecule has 102 valence electrons. The van der Waals surface area contributed by atoms with Gasteiger partial charge in [-0.05, 0) is 12.8 Å². The van der Waals surface area contributed by atoms with Crippen molar-refractivity contribution in [3.8, 4) is 0 Å². The Labute approximate surface area is 108 Å². The van der Waals surface area contributed by atoms with E-state index in [-0.39, 0.29) is 30.3 Å². The van der Waals surface area contributed by atoms with Crippen LogP contribution in [-0.4, -0.2) is 48.1 Å². The zero-order chi connectivity index (χ0) is 13.2. The number of carbonyl (C=O) groups is 2. The van der Waals surface area contributed by atoms with Crippen molar-refractivity contribution < 1.29 is 14.7 Å². The highest BCUT2D eigenvalue weighted by atomic mass is 16.3. The lowest BCUT2D eigenvalue weighted by molar-refractivity contribution is -0.137. The highest BCUT2D eigenvalue weighted by Crippen LogP contribution is 2.35. The van der Waals surface area contributed by atoms with Crippen molar-refractivity contribution in [1.29, 1.82) is 0 Å². The number of likely N-dealkylation sites (N-methyl/N-ethyl adjacent to an activating group) is 1. The van der Waals surface area contributed by atoms with E-state index in [1.807, 2.05) is 0 Å². The molecular weight excluding hydrogens is 232 g/mol. The van der Waals surface area contributed by atoms with Crippen LogP contribution in [0.2, 0.25) is 0 Å². The van der Waals surface area contributed by atoms with Gasteiger partial charge in [0.25, 0.3) is 0 Å². The molecule has 0 aromatic heterocycles. The molecule has 5 nitrogen and oxygen atoms in total. The monoisotopic (exact) mass is 254 g/mol. The third-order valence-corrected chi connectivity index (χ3v) is 4.35. The smallest absolute Gasteiger partial charge is 0.246 e. The number of rotatable bonds is 4. The third kappa shape index (κ3) is 2.57. The molecule has 0 bridgehead atoms. The van der Waals surface area contributed by atoms with Crippen molar-refractivity contribution in [3.63, 3.8) is 0 Å². The molecule has 1 saturated heterocycles. The summed E-state index contributed by atoms with van der Waals surface area (Å²) in [5, 5.41) is 12.8. The molecule has 1 aliphatic heterocycles. The van der Waals surface area contributed by atoms with Gasteiger partial charge in [-0.15, -0.1) is 0 Å². The first-order valence-corrected chi connectivity index (χ1v) is 6.73. The van der Waals surface area contributed by atoms with Crippen LogP contribution in [0.25, 0.3) is 0 Å². The van der Waals surface area contributed by atoms with Crippen LogP contribution in [0.1, 0.15) is 38.5 Å². The van der Waals surface area contributed by atoms with Crippen molar-refractivity contribution >= 4 is 11.8 Å². The first-order chi connectivity index (χ1) is 8.58. The van der Waals surface area contributed by atoms with E-state index in [1.165, 1.54) is 18.4 Å². The Kier molecular flexibility index (Phi) is 4.02. The van der Waals surface area contributed by atoms with E-state index in [0.717, 1.165) is 25.7 Å². The molecule has 2 fully saturated rings. The fraction of sp³-hybridized carbons (Fsp3) is 0.846. The summed E-state index contributed by atoms with van der Waals surface area (Å²) in [6.07, 6.45) is 5.75. The van der Waals surface area contributed by atoms with Crippen molar-refractivity contribution in [3.05, 3.63) is 0 Å². The number of nitrogens with one attached hydrogen (secondary N) is 1. The lowest BCUT2D eigenvalue weighted by Gasteiger charge is -2.36. The molecule has 2 aliphatic rings. The zero-order valence-corrected chi connectivity index (χ0v) is 10.9. The highest BCUT2D eigenvalue weighted by molar-refractivity contribution is 6.05. The Bertz CT molecular complexity index is 337. The quantitative estimate of drug-likeness (QED) is 0.707. The summed E-state index contributed by atoms with van der Waals surface area (Å²) in [6, 6.07) is -0.396. The van der Waals surface area contributed by atoms with Crippen LogP contribution in [-0.2, 0) is 9.59 Å². The van der Waals surface area contributed by atoms with Gasteiger partial charge in [0, 0.05) is 25.6 Å². The molecule has 5 heteroatoms. The number of likely N-dealkylation sites (tertiary alicyclic amines) is 1. The molecule has 2 N–H and O–H groups in total. The summed E-state index contributed by atoms with van der Waals surface area (Å²) in [7, 11) is 1.52. The molecule has 2 rings (SSSR count). The molecule has 1 saturated carbocycles. The molecule has 2 amide bonds. The van der Waals surface area contributed by atoms with Gasteiger partial charge >= 0.3 is 0 Å². The van der Waals surface area contributed by atoms with Crippen molar-refractivity contribution in [2.45, 2.75) is 44.6 Å². The standard InChI is InChI=1S/C13H22N2O3/c1-15-11(17)7-10(12(15)18)14-8-13(9-16)5-3-2-4-6-13/h10,14,16H,2-9H2,1H3. The highest BCUT2D eigenvalue weighted by Gasteiger charge is 2.38. The second-order valence-corrected chi connectivity index (χ2v) is 5.65. The lowest BCUT2D eigenvalue weighted by Crippen LogP contribution is -2.45. The molecule has 18 heavy (non-hydrogen) atoms. The predicted molar refractivity (Wildman–Crippen MR) is 66.8 cm³/mol. The first kappa shape index (κ1) is 13.5. The second kappa shape index (κ2) is 5.36. The largest absolute Gasteiger partial charge is 0.396 e. The van der Waals surface area contributed by atoms with Gasteiger partial charge < -0.3 is 10.4 Å². The zero-order valence-electron chi connectivity index (χ0n) is 10.9. The molecule has 1 aliphatic carbocycles. The van der Waals surface area contributed by atoms with E-state index in [0.29, 0.717) is 6.54 Å². The number of imide groups is 1. The number of hydrogen-bond donors (Lipinski definition) is 2.